The van der Waals surface area contributed by atoms with Crippen LogP contribution in [-0.2, 0) is 4.79 Å². The highest BCUT2D eigenvalue weighted by molar-refractivity contribution is 9.10. The van der Waals surface area contributed by atoms with Crippen LogP contribution in [0.5, 0.6) is 11.5 Å². The van der Waals surface area contributed by atoms with Crippen LogP contribution in [0, 0.1) is 0 Å². The van der Waals surface area contributed by atoms with Gasteiger partial charge in [0.15, 0.2) is 16.7 Å². The van der Waals surface area contributed by atoms with Crippen molar-refractivity contribution in [2.45, 2.75) is 47.1 Å². The normalized spacial score (nSPS) is 18.4. The number of carbonyl (C=O) groups is 1. The quantitative estimate of drug-likeness (QED) is 0.497. The molecule has 0 radical (unpaired) electrons. The smallest absolute Gasteiger partial charge is 0.266 e. The Hall–Kier alpha value is -1.47. The number of aliphatic imine (C=N–C) groups is 1. The van der Waals surface area contributed by atoms with Crippen molar-refractivity contribution in [3.8, 4) is 11.5 Å². The number of nitrogens with zero attached hydrogens (tertiary/aromatic N) is 2. The van der Waals surface area contributed by atoms with Crippen molar-refractivity contribution in [2.24, 2.45) is 4.99 Å². The zero-order chi connectivity index (χ0) is 20.0. The molecule has 0 N–H and O–H groups in total. The Morgan fingerprint density at radius 1 is 1.30 bits per heavy atom. The number of carbonyl (C=O) groups excluding carboxylic acids is 1. The van der Waals surface area contributed by atoms with E-state index in [1.807, 2.05) is 45.9 Å². The molecule has 1 saturated heterocycles. The number of hydrogen-bond donors (Lipinski definition) is 0. The van der Waals surface area contributed by atoms with Crippen LogP contribution in [0.3, 0.4) is 0 Å². The molecule has 1 aliphatic heterocycles. The molecule has 2 rings (SSSR count). The maximum absolute atomic E-state index is 12.7. The van der Waals surface area contributed by atoms with Crippen LogP contribution < -0.4 is 9.47 Å². The van der Waals surface area contributed by atoms with Crippen molar-refractivity contribution in [3.63, 3.8) is 0 Å². The Morgan fingerprint density at radius 2 is 2.04 bits per heavy atom. The summed E-state index contributed by atoms with van der Waals surface area (Å²) in [5.74, 6) is 1.36. The Labute approximate surface area is 174 Å². The summed E-state index contributed by atoms with van der Waals surface area (Å²) in [5.41, 5.74) is 0.881. The molecule has 27 heavy (non-hydrogen) atoms. The zero-order valence-electron chi connectivity index (χ0n) is 16.5. The first-order valence-corrected chi connectivity index (χ1v) is 10.9. The summed E-state index contributed by atoms with van der Waals surface area (Å²) < 4.78 is 12.6. The van der Waals surface area contributed by atoms with Gasteiger partial charge in [-0.25, -0.2) is 0 Å². The van der Waals surface area contributed by atoms with Crippen LogP contribution in [0.2, 0.25) is 0 Å². The third-order valence-electron chi connectivity index (χ3n) is 4.02. The number of rotatable bonds is 8. The number of halogens is 1. The van der Waals surface area contributed by atoms with E-state index in [4.69, 9.17) is 9.47 Å². The number of likely N-dealkylation sites (N-methyl/N-ethyl adjacent to an activating group) is 1. The first-order chi connectivity index (χ1) is 12.9. The topological polar surface area (TPSA) is 51.1 Å². The first-order valence-electron chi connectivity index (χ1n) is 9.33. The van der Waals surface area contributed by atoms with Crippen LogP contribution in [0.15, 0.2) is 26.5 Å². The standard InChI is InChI=1S/C20H27BrN2O3S/c1-6-13(5)26-18-15(21)10-14(11-16(18)25-9-4)12-17-19(24)23(8-3)20(27-17)22-7-2/h10-13H,6-9H2,1-5H3/b17-12+,22-20?/t13-/m1/s1. The van der Waals surface area contributed by atoms with Crippen LogP contribution in [0.4, 0.5) is 0 Å². The van der Waals surface area contributed by atoms with E-state index in [-0.39, 0.29) is 12.0 Å². The summed E-state index contributed by atoms with van der Waals surface area (Å²) >= 11 is 5.01. The average Bonchev–Trinajstić information content (AvgIpc) is 2.93. The van der Waals surface area contributed by atoms with Crippen molar-refractivity contribution >= 4 is 44.8 Å². The van der Waals surface area contributed by atoms with Crippen LogP contribution in [-0.4, -0.2) is 41.8 Å². The van der Waals surface area contributed by atoms with E-state index >= 15 is 0 Å². The van der Waals surface area contributed by atoms with E-state index in [0.29, 0.717) is 36.1 Å². The fourth-order valence-electron chi connectivity index (χ4n) is 2.52. The molecule has 0 spiro atoms. The van der Waals surface area contributed by atoms with Gasteiger partial charge in [-0.15, -0.1) is 0 Å². The van der Waals surface area contributed by atoms with E-state index < -0.39 is 0 Å². The van der Waals surface area contributed by atoms with Crippen molar-refractivity contribution in [2.75, 3.05) is 19.7 Å². The predicted octanol–water partition coefficient (Wildman–Crippen LogP) is 5.34. The number of amides is 1. The summed E-state index contributed by atoms with van der Waals surface area (Å²) in [6.45, 7) is 11.8. The Kier molecular flexibility index (Phi) is 8.23. The van der Waals surface area contributed by atoms with Gasteiger partial charge >= 0.3 is 0 Å². The fraction of sp³-hybridized carbons (Fsp3) is 0.500. The number of ether oxygens (including phenoxy) is 2. The first kappa shape index (κ1) is 21.8. The van der Waals surface area contributed by atoms with E-state index in [1.165, 1.54) is 11.8 Å². The third-order valence-corrected chi connectivity index (χ3v) is 5.65. The van der Waals surface area contributed by atoms with E-state index in [2.05, 4.69) is 27.8 Å². The number of amidine groups is 1. The van der Waals surface area contributed by atoms with Gasteiger partial charge in [0.2, 0.25) is 0 Å². The Morgan fingerprint density at radius 3 is 2.63 bits per heavy atom. The molecule has 1 amide bonds. The highest BCUT2D eigenvalue weighted by atomic mass is 79.9. The minimum absolute atomic E-state index is 0.0104. The second-order valence-electron chi connectivity index (χ2n) is 6.02. The summed E-state index contributed by atoms with van der Waals surface area (Å²) in [6.07, 6.45) is 2.87. The minimum atomic E-state index is -0.0104. The molecular formula is C20H27BrN2O3S. The van der Waals surface area contributed by atoms with Crippen LogP contribution in [0.1, 0.15) is 46.6 Å². The monoisotopic (exact) mass is 454 g/mol. The molecule has 148 valence electrons. The van der Waals surface area contributed by atoms with Crippen molar-refractivity contribution in [3.05, 3.63) is 27.1 Å². The number of hydrogen-bond acceptors (Lipinski definition) is 5. The molecule has 1 fully saturated rings. The molecule has 0 bridgehead atoms. The van der Waals surface area contributed by atoms with Gasteiger partial charge in [0.05, 0.1) is 22.1 Å². The number of benzene rings is 1. The predicted molar refractivity (Wildman–Crippen MR) is 117 cm³/mol. The largest absolute Gasteiger partial charge is 0.490 e. The van der Waals surface area contributed by atoms with E-state index in [1.54, 1.807) is 4.90 Å². The fourth-order valence-corrected chi connectivity index (χ4v) is 4.18. The molecule has 0 aliphatic carbocycles. The molecule has 0 saturated carbocycles. The van der Waals surface area contributed by atoms with Gasteiger partial charge in [-0.2, -0.15) is 0 Å². The second kappa shape index (κ2) is 10.2. The third kappa shape index (κ3) is 5.29. The molecule has 5 nitrogen and oxygen atoms in total. The van der Waals surface area contributed by atoms with Gasteiger partial charge in [0.1, 0.15) is 0 Å². The SMILES string of the molecule is CCN=C1S/C(=C/c2cc(Br)c(O[C@H](C)CC)c(OCC)c2)C(=O)N1CC. The molecule has 0 aromatic heterocycles. The molecule has 1 aromatic carbocycles. The average molecular weight is 455 g/mol. The van der Waals surface area contributed by atoms with E-state index in [0.717, 1.165) is 21.6 Å². The van der Waals surface area contributed by atoms with Gasteiger partial charge < -0.3 is 9.47 Å². The maximum atomic E-state index is 12.7. The molecule has 7 heteroatoms. The zero-order valence-corrected chi connectivity index (χ0v) is 18.9. The van der Waals surface area contributed by atoms with Gasteiger partial charge in [-0.1, -0.05) is 6.92 Å². The maximum Gasteiger partial charge on any atom is 0.266 e. The van der Waals surface area contributed by atoms with Crippen LogP contribution in [0.25, 0.3) is 6.08 Å². The Bertz CT molecular complexity index is 749. The molecule has 1 aromatic rings. The van der Waals surface area contributed by atoms with Gasteiger partial charge in [0.25, 0.3) is 5.91 Å². The summed E-state index contributed by atoms with van der Waals surface area (Å²) in [4.78, 5) is 19.5. The highest BCUT2D eigenvalue weighted by Gasteiger charge is 2.32. The molecule has 0 unspecified atom stereocenters. The lowest BCUT2D eigenvalue weighted by Crippen LogP contribution is -2.28. The summed E-state index contributed by atoms with van der Waals surface area (Å²) in [7, 11) is 0. The minimum Gasteiger partial charge on any atom is -0.490 e. The molecule has 1 atom stereocenters. The van der Waals surface area contributed by atoms with Crippen LogP contribution >= 0.6 is 27.7 Å². The van der Waals surface area contributed by atoms with Crippen molar-refractivity contribution in [1.82, 2.24) is 4.90 Å². The summed E-state index contributed by atoms with van der Waals surface area (Å²) in [5, 5.41) is 0.761. The Balaban J connectivity index is 2.40. The molecule has 1 heterocycles. The van der Waals surface area contributed by atoms with Gasteiger partial charge in [-0.3, -0.25) is 14.7 Å². The van der Waals surface area contributed by atoms with Gasteiger partial charge in [0, 0.05) is 13.1 Å². The van der Waals surface area contributed by atoms with Crippen molar-refractivity contribution in [1.29, 1.82) is 0 Å². The summed E-state index contributed by atoms with van der Waals surface area (Å²) in [6, 6.07) is 3.87. The van der Waals surface area contributed by atoms with E-state index in [9.17, 15) is 4.79 Å². The molecular weight excluding hydrogens is 428 g/mol. The highest BCUT2D eigenvalue weighted by Crippen LogP contribution is 2.40. The lowest BCUT2D eigenvalue weighted by atomic mass is 10.1. The van der Waals surface area contributed by atoms with Gasteiger partial charge in [-0.05, 0) is 85.6 Å². The lowest BCUT2D eigenvalue weighted by Gasteiger charge is -2.18. The number of thioether (sulfide) groups is 1. The lowest BCUT2D eigenvalue weighted by molar-refractivity contribution is -0.122. The second-order valence-corrected chi connectivity index (χ2v) is 7.88. The van der Waals surface area contributed by atoms with Crippen molar-refractivity contribution < 1.29 is 14.3 Å². The molecule has 1 aliphatic rings.